The van der Waals surface area contributed by atoms with Crippen LogP contribution in [0.3, 0.4) is 0 Å². The number of carbonyl (C=O) groups excluding carboxylic acids is 1. The van der Waals surface area contributed by atoms with Gasteiger partial charge in [-0.25, -0.2) is 0 Å². The molecule has 29 heavy (non-hydrogen) atoms. The van der Waals surface area contributed by atoms with E-state index in [-0.39, 0.29) is 11.8 Å². The van der Waals surface area contributed by atoms with Crippen LogP contribution in [0.25, 0.3) is 0 Å². The Kier molecular flexibility index (Phi) is 9.44. The van der Waals surface area contributed by atoms with E-state index in [2.05, 4.69) is 41.0 Å². The molecular weight excluding hydrogens is 368 g/mol. The summed E-state index contributed by atoms with van der Waals surface area (Å²) in [7, 11) is 1.75. The van der Waals surface area contributed by atoms with Crippen LogP contribution in [0.5, 0.6) is 6.01 Å². The van der Waals surface area contributed by atoms with Crippen LogP contribution in [0.1, 0.15) is 52.9 Å². The Hall–Kier alpha value is -2.09. The van der Waals surface area contributed by atoms with E-state index in [9.17, 15) is 4.79 Å². The van der Waals surface area contributed by atoms with Crippen molar-refractivity contribution in [2.24, 2.45) is 11.8 Å². The summed E-state index contributed by atoms with van der Waals surface area (Å²) in [5, 5.41) is 3.02. The lowest BCUT2D eigenvalue weighted by Crippen LogP contribution is -2.37. The molecule has 8 nitrogen and oxygen atoms in total. The van der Waals surface area contributed by atoms with Crippen molar-refractivity contribution in [2.45, 2.75) is 52.9 Å². The molecule has 1 saturated heterocycles. The largest absolute Gasteiger partial charge is 0.463 e. The van der Waals surface area contributed by atoms with E-state index in [1.165, 1.54) is 19.4 Å². The van der Waals surface area contributed by atoms with Crippen molar-refractivity contribution in [3.05, 3.63) is 0 Å². The van der Waals surface area contributed by atoms with Gasteiger partial charge in [0.05, 0.1) is 6.61 Å². The predicted octanol–water partition coefficient (Wildman–Crippen LogP) is 3.00. The van der Waals surface area contributed by atoms with Gasteiger partial charge >= 0.3 is 6.01 Å². The Morgan fingerprint density at radius 3 is 2.66 bits per heavy atom. The van der Waals surface area contributed by atoms with E-state index in [0.717, 1.165) is 38.8 Å². The van der Waals surface area contributed by atoms with Crippen molar-refractivity contribution >= 4 is 23.7 Å². The Bertz CT molecular complexity index is 632. The molecule has 1 amide bonds. The zero-order valence-corrected chi connectivity index (χ0v) is 18.5. The normalized spacial score (nSPS) is 15.5. The minimum Gasteiger partial charge on any atom is -0.463 e. The molecule has 1 aliphatic rings. The molecule has 3 N–H and O–H groups in total. The molecular formula is C21H38N6O2. The Balaban J connectivity index is 2.00. The number of nitrogens with zero attached hydrogens (tertiary/aromatic N) is 4. The minimum atomic E-state index is 0.221. The van der Waals surface area contributed by atoms with Gasteiger partial charge in [0.1, 0.15) is 5.69 Å². The standard InChI is InChI=1S/C21H38N6O2/c1-5-6-13-29-21-24-19(22)18(23-4)20(25-21)27(15-28)12-9-17-7-10-26(11-8-17)14-16(2)3/h15-17,23H,5-14H2,1-4H3,(H2,22,24,25). The lowest BCUT2D eigenvalue weighted by atomic mass is 9.93. The molecule has 2 heterocycles. The molecule has 1 aliphatic heterocycles. The SMILES string of the molecule is CCCCOc1nc(N)c(NC)c(N(C=O)CCC2CCN(CC(C)C)CC2)n1. The average Bonchev–Trinajstić information content (AvgIpc) is 2.69. The van der Waals surface area contributed by atoms with Crippen LogP contribution in [0.2, 0.25) is 0 Å². The third kappa shape index (κ3) is 7.03. The van der Waals surface area contributed by atoms with Gasteiger partial charge in [0.15, 0.2) is 11.6 Å². The first-order chi connectivity index (χ1) is 14.0. The van der Waals surface area contributed by atoms with E-state index < -0.39 is 0 Å². The number of carbonyl (C=O) groups is 1. The molecule has 1 fully saturated rings. The molecule has 0 aliphatic carbocycles. The maximum Gasteiger partial charge on any atom is 0.320 e. The molecule has 0 saturated carbocycles. The number of aromatic nitrogens is 2. The van der Waals surface area contributed by atoms with Gasteiger partial charge in [0.25, 0.3) is 0 Å². The molecule has 8 heteroatoms. The fraction of sp³-hybridized carbons (Fsp3) is 0.762. The van der Waals surface area contributed by atoms with E-state index >= 15 is 0 Å². The number of anilines is 3. The summed E-state index contributed by atoms with van der Waals surface area (Å²) < 4.78 is 5.62. The number of ether oxygens (including phenoxy) is 1. The second kappa shape index (κ2) is 11.8. The van der Waals surface area contributed by atoms with Crippen molar-refractivity contribution in [3.8, 4) is 6.01 Å². The number of nitrogens with two attached hydrogens (primary N) is 1. The lowest BCUT2D eigenvalue weighted by Gasteiger charge is -2.33. The van der Waals surface area contributed by atoms with Crippen LogP contribution < -0.4 is 20.7 Å². The number of hydrogen-bond donors (Lipinski definition) is 2. The first-order valence-electron chi connectivity index (χ1n) is 10.9. The minimum absolute atomic E-state index is 0.221. The number of amides is 1. The maximum atomic E-state index is 11.9. The van der Waals surface area contributed by atoms with Crippen molar-refractivity contribution in [1.29, 1.82) is 0 Å². The van der Waals surface area contributed by atoms with Gasteiger partial charge < -0.3 is 20.7 Å². The van der Waals surface area contributed by atoms with Crippen molar-refractivity contribution in [3.63, 3.8) is 0 Å². The van der Waals surface area contributed by atoms with Crippen LogP contribution in [0.15, 0.2) is 0 Å². The molecule has 0 bridgehead atoms. The first kappa shape index (κ1) is 23.2. The Morgan fingerprint density at radius 1 is 1.34 bits per heavy atom. The van der Waals surface area contributed by atoms with E-state index in [4.69, 9.17) is 10.5 Å². The van der Waals surface area contributed by atoms with Gasteiger partial charge in [-0.05, 0) is 50.6 Å². The third-order valence-electron chi connectivity index (χ3n) is 5.38. The molecule has 0 spiro atoms. The molecule has 0 atom stereocenters. The van der Waals surface area contributed by atoms with Crippen molar-refractivity contribution in [2.75, 3.05) is 55.8 Å². The van der Waals surface area contributed by atoms with Crippen LogP contribution in [-0.2, 0) is 4.79 Å². The number of unbranched alkanes of at least 4 members (excludes halogenated alkanes) is 1. The van der Waals surface area contributed by atoms with Crippen LogP contribution in [0.4, 0.5) is 17.3 Å². The van der Waals surface area contributed by atoms with E-state index in [0.29, 0.717) is 36.5 Å². The van der Waals surface area contributed by atoms with Gasteiger partial charge in [0, 0.05) is 20.1 Å². The fourth-order valence-corrected chi connectivity index (χ4v) is 3.77. The number of rotatable bonds is 12. The molecule has 0 radical (unpaired) electrons. The second-order valence-corrected chi connectivity index (χ2v) is 8.27. The van der Waals surface area contributed by atoms with Gasteiger partial charge in [-0.15, -0.1) is 0 Å². The molecule has 1 aromatic rings. The van der Waals surface area contributed by atoms with E-state index in [1.807, 2.05) is 0 Å². The lowest BCUT2D eigenvalue weighted by molar-refractivity contribution is -0.107. The molecule has 1 aromatic heterocycles. The summed E-state index contributed by atoms with van der Waals surface area (Å²) in [5.74, 6) is 2.10. The van der Waals surface area contributed by atoms with Crippen LogP contribution in [-0.4, -0.2) is 61.1 Å². The molecule has 2 rings (SSSR count). The summed E-state index contributed by atoms with van der Waals surface area (Å²) in [6.45, 7) is 11.2. The quantitative estimate of drug-likeness (QED) is 0.407. The summed E-state index contributed by atoms with van der Waals surface area (Å²) in [6.07, 6.45) is 6.07. The average molecular weight is 407 g/mol. The van der Waals surface area contributed by atoms with Crippen molar-refractivity contribution < 1.29 is 9.53 Å². The zero-order valence-electron chi connectivity index (χ0n) is 18.5. The highest BCUT2D eigenvalue weighted by Gasteiger charge is 2.23. The summed E-state index contributed by atoms with van der Waals surface area (Å²) in [5.41, 5.74) is 6.64. The van der Waals surface area contributed by atoms with Crippen molar-refractivity contribution in [1.82, 2.24) is 14.9 Å². The maximum absolute atomic E-state index is 11.9. The van der Waals surface area contributed by atoms with Gasteiger partial charge in [0.2, 0.25) is 6.41 Å². The second-order valence-electron chi connectivity index (χ2n) is 8.27. The number of nitrogen functional groups attached to an aromatic ring is 1. The highest BCUT2D eigenvalue weighted by atomic mass is 16.5. The molecule has 164 valence electrons. The predicted molar refractivity (Wildman–Crippen MR) is 118 cm³/mol. The number of nitrogens with one attached hydrogen (secondary N) is 1. The summed E-state index contributed by atoms with van der Waals surface area (Å²) in [6, 6.07) is 0.221. The first-order valence-corrected chi connectivity index (χ1v) is 10.9. The third-order valence-corrected chi connectivity index (χ3v) is 5.38. The fourth-order valence-electron chi connectivity index (χ4n) is 3.77. The smallest absolute Gasteiger partial charge is 0.320 e. The molecule has 0 aromatic carbocycles. The van der Waals surface area contributed by atoms with Gasteiger partial charge in [-0.1, -0.05) is 27.2 Å². The topological polar surface area (TPSA) is 96.6 Å². The molecule has 0 unspecified atom stereocenters. The van der Waals surface area contributed by atoms with Crippen LogP contribution in [0, 0.1) is 11.8 Å². The van der Waals surface area contributed by atoms with Gasteiger partial charge in [-0.2, -0.15) is 9.97 Å². The zero-order chi connectivity index (χ0) is 21.2. The number of piperidine rings is 1. The Morgan fingerprint density at radius 2 is 2.07 bits per heavy atom. The number of hydrogen-bond acceptors (Lipinski definition) is 7. The monoisotopic (exact) mass is 406 g/mol. The van der Waals surface area contributed by atoms with Gasteiger partial charge in [-0.3, -0.25) is 9.69 Å². The highest BCUT2D eigenvalue weighted by Crippen LogP contribution is 2.31. The highest BCUT2D eigenvalue weighted by molar-refractivity contribution is 5.85. The summed E-state index contributed by atoms with van der Waals surface area (Å²) in [4.78, 5) is 24.7. The van der Waals surface area contributed by atoms with Crippen LogP contribution >= 0.6 is 0 Å². The van der Waals surface area contributed by atoms with E-state index in [1.54, 1.807) is 11.9 Å². The summed E-state index contributed by atoms with van der Waals surface area (Å²) >= 11 is 0. The Labute approximate surface area is 175 Å². The number of likely N-dealkylation sites (tertiary alicyclic amines) is 1.